The quantitative estimate of drug-likeness (QED) is 0.623. The second kappa shape index (κ2) is 4.75. The number of rotatable bonds is 3. The van der Waals surface area contributed by atoms with Crippen molar-refractivity contribution in [3.8, 4) is 0 Å². The first-order valence-electron chi connectivity index (χ1n) is 4.99. The van der Waals surface area contributed by atoms with Crippen LogP contribution in [-0.4, -0.2) is 17.0 Å². The number of anilines is 3. The van der Waals surface area contributed by atoms with E-state index in [1.807, 2.05) is 11.9 Å². The standard InChI is InChI=1S/C11H12FN5/c1-17(9-4-2-8(12)3-5-9)10-6-7-14-11(15-10)16-13/h2-7H,13H2,1H3,(H,14,15,16). The van der Waals surface area contributed by atoms with Gasteiger partial charge in [-0.25, -0.2) is 15.2 Å². The van der Waals surface area contributed by atoms with Gasteiger partial charge in [0, 0.05) is 18.9 Å². The minimum absolute atomic E-state index is 0.269. The number of nitrogen functional groups attached to an aromatic ring is 1. The predicted octanol–water partition coefficient (Wildman–Crippen LogP) is 1.67. The molecule has 1 aromatic carbocycles. The zero-order valence-corrected chi connectivity index (χ0v) is 9.26. The van der Waals surface area contributed by atoms with Gasteiger partial charge < -0.3 is 4.90 Å². The first kappa shape index (κ1) is 11.3. The lowest BCUT2D eigenvalue weighted by molar-refractivity contribution is 0.628. The van der Waals surface area contributed by atoms with Gasteiger partial charge in [0.1, 0.15) is 11.6 Å². The molecule has 0 atom stereocenters. The van der Waals surface area contributed by atoms with Crippen molar-refractivity contribution in [1.82, 2.24) is 9.97 Å². The third kappa shape index (κ3) is 2.48. The lowest BCUT2D eigenvalue weighted by Crippen LogP contribution is -2.15. The summed E-state index contributed by atoms with van der Waals surface area (Å²) in [5, 5.41) is 0. The van der Waals surface area contributed by atoms with Gasteiger partial charge in [-0.1, -0.05) is 0 Å². The Balaban J connectivity index is 2.29. The summed E-state index contributed by atoms with van der Waals surface area (Å²) >= 11 is 0. The third-order valence-corrected chi connectivity index (χ3v) is 2.33. The number of hydrazine groups is 1. The average molecular weight is 233 g/mol. The molecule has 1 aromatic heterocycles. The first-order chi connectivity index (χ1) is 8.20. The molecule has 0 aliphatic rings. The second-order valence-corrected chi connectivity index (χ2v) is 3.42. The molecule has 0 spiro atoms. The number of hydrogen-bond donors (Lipinski definition) is 2. The lowest BCUT2D eigenvalue weighted by atomic mass is 10.3. The Kier molecular flexibility index (Phi) is 3.15. The molecule has 3 N–H and O–H groups in total. The van der Waals surface area contributed by atoms with Crippen LogP contribution in [0.4, 0.5) is 21.8 Å². The van der Waals surface area contributed by atoms with Crippen LogP contribution in [0.3, 0.4) is 0 Å². The van der Waals surface area contributed by atoms with Crippen LogP contribution < -0.4 is 16.2 Å². The van der Waals surface area contributed by atoms with E-state index in [2.05, 4.69) is 15.4 Å². The SMILES string of the molecule is CN(c1ccc(F)cc1)c1ccnc(NN)n1. The van der Waals surface area contributed by atoms with Crippen molar-refractivity contribution in [2.75, 3.05) is 17.4 Å². The van der Waals surface area contributed by atoms with Gasteiger partial charge in [-0.2, -0.15) is 4.98 Å². The average Bonchev–Trinajstić information content (AvgIpc) is 2.39. The molecule has 0 saturated heterocycles. The van der Waals surface area contributed by atoms with Gasteiger partial charge in [0.2, 0.25) is 5.95 Å². The van der Waals surface area contributed by atoms with Crippen molar-refractivity contribution in [1.29, 1.82) is 0 Å². The summed E-state index contributed by atoms with van der Waals surface area (Å²) in [5.74, 6) is 5.96. The van der Waals surface area contributed by atoms with E-state index in [1.54, 1.807) is 24.4 Å². The molecule has 2 aromatic rings. The second-order valence-electron chi connectivity index (χ2n) is 3.42. The van der Waals surface area contributed by atoms with Crippen LogP contribution in [0.5, 0.6) is 0 Å². The molecule has 0 amide bonds. The number of nitrogens with one attached hydrogen (secondary N) is 1. The Morgan fingerprint density at radius 1 is 1.24 bits per heavy atom. The van der Waals surface area contributed by atoms with E-state index in [0.29, 0.717) is 11.8 Å². The van der Waals surface area contributed by atoms with E-state index in [4.69, 9.17) is 5.84 Å². The van der Waals surface area contributed by atoms with Crippen molar-refractivity contribution >= 4 is 17.5 Å². The number of aromatic nitrogens is 2. The Morgan fingerprint density at radius 2 is 1.94 bits per heavy atom. The minimum Gasteiger partial charge on any atom is -0.329 e. The highest BCUT2D eigenvalue weighted by atomic mass is 19.1. The molecule has 0 aliphatic carbocycles. The molecule has 0 bridgehead atoms. The zero-order valence-electron chi connectivity index (χ0n) is 9.26. The summed E-state index contributed by atoms with van der Waals surface area (Å²) in [6.45, 7) is 0. The number of hydrogen-bond acceptors (Lipinski definition) is 5. The number of halogens is 1. The van der Waals surface area contributed by atoms with Crippen LogP contribution in [0.1, 0.15) is 0 Å². The van der Waals surface area contributed by atoms with Gasteiger partial charge in [-0.3, -0.25) is 5.43 Å². The molecule has 2 rings (SSSR count). The molecular formula is C11H12FN5. The highest BCUT2D eigenvalue weighted by molar-refractivity contribution is 5.59. The number of nitrogens with two attached hydrogens (primary N) is 1. The Labute approximate surface area is 98.1 Å². The lowest BCUT2D eigenvalue weighted by Gasteiger charge is -2.18. The largest absolute Gasteiger partial charge is 0.329 e. The summed E-state index contributed by atoms with van der Waals surface area (Å²) in [5.41, 5.74) is 3.20. The van der Waals surface area contributed by atoms with E-state index in [0.717, 1.165) is 5.69 Å². The van der Waals surface area contributed by atoms with E-state index < -0.39 is 0 Å². The van der Waals surface area contributed by atoms with Crippen molar-refractivity contribution in [3.63, 3.8) is 0 Å². The summed E-state index contributed by atoms with van der Waals surface area (Å²) in [7, 11) is 1.83. The molecular weight excluding hydrogens is 221 g/mol. The number of nitrogens with zero attached hydrogens (tertiary/aromatic N) is 3. The van der Waals surface area contributed by atoms with Crippen molar-refractivity contribution in [3.05, 3.63) is 42.3 Å². The molecule has 0 saturated carbocycles. The van der Waals surface area contributed by atoms with Crippen molar-refractivity contribution < 1.29 is 4.39 Å². The molecule has 17 heavy (non-hydrogen) atoms. The van der Waals surface area contributed by atoms with Crippen LogP contribution in [0.25, 0.3) is 0 Å². The molecule has 0 fully saturated rings. The van der Waals surface area contributed by atoms with E-state index in [-0.39, 0.29) is 5.82 Å². The van der Waals surface area contributed by atoms with Crippen LogP contribution in [0.2, 0.25) is 0 Å². The van der Waals surface area contributed by atoms with E-state index in [1.165, 1.54) is 12.1 Å². The van der Waals surface area contributed by atoms with Gasteiger partial charge in [0.15, 0.2) is 0 Å². The molecule has 5 nitrogen and oxygen atoms in total. The topological polar surface area (TPSA) is 67.1 Å². The van der Waals surface area contributed by atoms with Crippen LogP contribution >= 0.6 is 0 Å². The predicted molar refractivity (Wildman–Crippen MR) is 64.3 cm³/mol. The maximum Gasteiger partial charge on any atom is 0.239 e. The normalized spacial score (nSPS) is 10.1. The summed E-state index contributed by atoms with van der Waals surface area (Å²) in [6, 6.07) is 7.88. The maximum atomic E-state index is 12.8. The Morgan fingerprint density at radius 3 is 2.59 bits per heavy atom. The molecule has 0 unspecified atom stereocenters. The highest BCUT2D eigenvalue weighted by Gasteiger charge is 2.06. The smallest absolute Gasteiger partial charge is 0.239 e. The molecule has 0 radical (unpaired) electrons. The highest BCUT2D eigenvalue weighted by Crippen LogP contribution is 2.21. The maximum absolute atomic E-state index is 12.8. The molecule has 6 heteroatoms. The minimum atomic E-state index is -0.269. The summed E-state index contributed by atoms with van der Waals surface area (Å²) in [6.07, 6.45) is 1.59. The third-order valence-electron chi connectivity index (χ3n) is 2.33. The van der Waals surface area contributed by atoms with E-state index in [9.17, 15) is 4.39 Å². The van der Waals surface area contributed by atoms with Gasteiger partial charge in [-0.15, -0.1) is 0 Å². The van der Waals surface area contributed by atoms with Crippen LogP contribution in [0, 0.1) is 5.82 Å². The zero-order chi connectivity index (χ0) is 12.3. The van der Waals surface area contributed by atoms with Gasteiger partial charge >= 0.3 is 0 Å². The monoisotopic (exact) mass is 233 g/mol. The van der Waals surface area contributed by atoms with E-state index >= 15 is 0 Å². The van der Waals surface area contributed by atoms with Crippen molar-refractivity contribution in [2.45, 2.75) is 0 Å². The Hall–Kier alpha value is -2.21. The Bertz CT molecular complexity index is 499. The van der Waals surface area contributed by atoms with Gasteiger partial charge in [0.05, 0.1) is 0 Å². The van der Waals surface area contributed by atoms with Crippen molar-refractivity contribution in [2.24, 2.45) is 5.84 Å². The first-order valence-corrected chi connectivity index (χ1v) is 4.99. The van der Waals surface area contributed by atoms with Crippen LogP contribution in [-0.2, 0) is 0 Å². The van der Waals surface area contributed by atoms with Gasteiger partial charge in [0.25, 0.3) is 0 Å². The fraction of sp³-hybridized carbons (Fsp3) is 0.0909. The fourth-order valence-corrected chi connectivity index (χ4v) is 1.40. The van der Waals surface area contributed by atoms with Crippen LogP contribution in [0.15, 0.2) is 36.5 Å². The summed E-state index contributed by atoms with van der Waals surface area (Å²) in [4.78, 5) is 9.90. The fourth-order valence-electron chi connectivity index (χ4n) is 1.40. The van der Waals surface area contributed by atoms with Gasteiger partial charge in [-0.05, 0) is 30.3 Å². The summed E-state index contributed by atoms with van der Waals surface area (Å²) < 4.78 is 12.8. The molecule has 1 heterocycles. The molecule has 0 aliphatic heterocycles. The number of benzene rings is 1. The molecule has 88 valence electrons.